The van der Waals surface area contributed by atoms with Crippen LogP contribution in [0.15, 0.2) is 48.0 Å². The van der Waals surface area contributed by atoms with Gasteiger partial charge in [0.1, 0.15) is 10.6 Å². The van der Waals surface area contributed by atoms with Crippen molar-refractivity contribution in [3.8, 4) is 0 Å². The fourth-order valence-electron chi connectivity index (χ4n) is 2.36. The van der Waals surface area contributed by atoms with Gasteiger partial charge >= 0.3 is 0 Å². The molecule has 2 aromatic rings. The molecule has 0 spiro atoms. The number of nitrogens with one attached hydrogen (secondary N) is 1. The molecule has 0 bridgehead atoms. The minimum Gasteiger partial charge on any atom is -0.267 e. The molecule has 25 heavy (non-hydrogen) atoms. The van der Waals surface area contributed by atoms with Crippen molar-refractivity contribution in [3.05, 3.63) is 74.3 Å². The quantitative estimate of drug-likeness (QED) is 0.395. The van der Waals surface area contributed by atoms with E-state index in [1.807, 2.05) is 19.1 Å². The van der Waals surface area contributed by atoms with E-state index in [-0.39, 0.29) is 16.3 Å². The van der Waals surface area contributed by atoms with E-state index in [0.29, 0.717) is 11.3 Å². The van der Waals surface area contributed by atoms with Gasteiger partial charge in [0.2, 0.25) is 0 Å². The molecule has 0 aromatic heterocycles. The number of hydrazine groups is 1. The third-order valence-electron chi connectivity index (χ3n) is 3.66. The van der Waals surface area contributed by atoms with Gasteiger partial charge in [-0.05, 0) is 36.8 Å². The second-order valence-corrected chi connectivity index (χ2v) is 5.85. The third kappa shape index (κ3) is 3.22. The Morgan fingerprint density at radius 3 is 2.48 bits per heavy atom. The zero-order valence-corrected chi connectivity index (χ0v) is 13.8. The molecule has 126 valence electrons. The Bertz CT molecular complexity index is 922. The molecule has 1 aliphatic heterocycles. The van der Waals surface area contributed by atoms with Crippen molar-refractivity contribution >= 4 is 40.9 Å². The van der Waals surface area contributed by atoms with Crippen LogP contribution in [-0.4, -0.2) is 16.7 Å². The first kappa shape index (κ1) is 16.7. The molecule has 0 saturated carbocycles. The van der Waals surface area contributed by atoms with E-state index >= 15 is 0 Å². The van der Waals surface area contributed by atoms with Gasteiger partial charge in [-0.25, -0.2) is 5.01 Å². The topological polar surface area (TPSA) is 92.6 Å². The average Bonchev–Trinajstić information content (AvgIpc) is 2.85. The standard InChI is InChI=1S/C17H12ClN3O4/c1-10-2-5-12(6-3-10)20-17(23)13(16(22)19-20)8-11-4-7-14(18)15(9-11)21(24)25/h2-9H,1H3,(H,19,22). The van der Waals surface area contributed by atoms with Gasteiger partial charge in [0.15, 0.2) is 0 Å². The van der Waals surface area contributed by atoms with E-state index in [4.69, 9.17) is 11.6 Å². The highest BCUT2D eigenvalue weighted by molar-refractivity contribution is 6.33. The van der Waals surface area contributed by atoms with Crippen LogP contribution in [0.1, 0.15) is 11.1 Å². The number of carbonyl (C=O) groups excluding carboxylic acids is 2. The van der Waals surface area contributed by atoms with E-state index in [2.05, 4.69) is 5.43 Å². The third-order valence-corrected chi connectivity index (χ3v) is 3.98. The van der Waals surface area contributed by atoms with Crippen molar-refractivity contribution in [2.45, 2.75) is 6.92 Å². The summed E-state index contributed by atoms with van der Waals surface area (Å²) in [6, 6.07) is 11.1. The van der Waals surface area contributed by atoms with E-state index < -0.39 is 16.7 Å². The number of amides is 2. The summed E-state index contributed by atoms with van der Waals surface area (Å²) in [4.78, 5) is 35.0. The van der Waals surface area contributed by atoms with Gasteiger partial charge in [0.25, 0.3) is 17.5 Å². The zero-order chi connectivity index (χ0) is 18.1. The molecular formula is C17H12ClN3O4. The largest absolute Gasteiger partial charge is 0.288 e. The summed E-state index contributed by atoms with van der Waals surface area (Å²) < 4.78 is 0. The Hall–Kier alpha value is -3.19. The molecule has 1 fully saturated rings. The lowest BCUT2D eigenvalue weighted by Gasteiger charge is -2.14. The number of rotatable bonds is 3. The molecule has 0 unspecified atom stereocenters. The highest BCUT2D eigenvalue weighted by atomic mass is 35.5. The summed E-state index contributed by atoms with van der Waals surface area (Å²) in [5.74, 6) is -1.12. The number of halogens is 1. The highest BCUT2D eigenvalue weighted by Gasteiger charge is 2.34. The maximum absolute atomic E-state index is 12.5. The smallest absolute Gasteiger partial charge is 0.267 e. The molecule has 0 aliphatic carbocycles. The van der Waals surface area contributed by atoms with Gasteiger partial charge in [-0.15, -0.1) is 0 Å². The molecule has 0 atom stereocenters. The van der Waals surface area contributed by atoms with Crippen LogP contribution in [0.4, 0.5) is 11.4 Å². The maximum atomic E-state index is 12.5. The second kappa shape index (κ2) is 6.37. The fourth-order valence-corrected chi connectivity index (χ4v) is 2.55. The van der Waals surface area contributed by atoms with Crippen molar-refractivity contribution in [1.82, 2.24) is 5.43 Å². The SMILES string of the molecule is Cc1ccc(N2NC(=O)C(=Cc3ccc(Cl)c([N+](=O)[O-])c3)C2=O)cc1. The number of nitro benzene ring substituents is 1. The van der Waals surface area contributed by atoms with Crippen LogP contribution in [0.2, 0.25) is 5.02 Å². The number of aryl methyl sites for hydroxylation is 1. The molecule has 1 heterocycles. The lowest BCUT2D eigenvalue weighted by molar-refractivity contribution is -0.384. The first-order valence-electron chi connectivity index (χ1n) is 7.24. The van der Waals surface area contributed by atoms with Crippen LogP contribution >= 0.6 is 11.6 Å². The van der Waals surface area contributed by atoms with Crippen LogP contribution in [0.25, 0.3) is 6.08 Å². The predicted molar refractivity (Wildman–Crippen MR) is 92.9 cm³/mol. The molecule has 1 aliphatic rings. The van der Waals surface area contributed by atoms with Crippen LogP contribution in [-0.2, 0) is 9.59 Å². The number of hydrogen-bond donors (Lipinski definition) is 1. The van der Waals surface area contributed by atoms with Gasteiger partial charge in [-0.1, -0.05) is 35.4 Å². The summed E-state index contributed by atoms with van der Waals surface area (Å²) in [6.45, 7) is 1.91. The van der Waals surface area contributed by atoms with Gasteiger partial charge in [-0.3, -0.25) is 25.1 Å². The molecule has 0 radical (unpaired) electrons. The van der Waals surface area contributed by atoms with E-state index in [1.165, 1.54) is 24.3 Å². The van der Waals surface area contributed by atoms with Crippen LogP contribution in [0, 0.1) is 17.0 Å². The normalized spacial score (nSPS) is 15.6. The molecule has 2 aromatic carbocycles. The summed E-state index contributed by atoms with van der Waals surface area (Å²) in [5, 5.41) is 12.1. The Balaban J connectivity index is 1.95. The summed E-state index contributed by atoms with van der Waals surface area (Å²) in [5.41, 5.74) is 3.94. The highest BCUT2D eigenvalue weighted by Crippen LogP contribution is 2.27. The number of anilines is 1. The molecule has 1 saturated heterocycles. The van der Waals surface area contributed by atoms with Crippen molar-refractivity contribution in [3.63, 3.8) is 0 Å². The summed E-state index contributed by atoms with van der Waals surface area (Å²) in [6.07, 6.45) is 1.30. The number of hydrogen-bond acceptors (Lipinski definition) is 4. The van der Waals surface area contributed by atoms with E-state index in [9.17, 15) is 19.7 Å². The molecule has 3 rings (SSSR count). The second-order valence-electron chi connectivity index (χ2n) is 5.44. The first-order chi connectivity index (χ1) is 11.9. The molecule has 1 N–H and O–H groups in total. The molecular weight excluding hydrogens is 346 g/mol. The lowest BCUT2D eigenvalue weighted by atomic mass is 10.1. The van der Waals surface area contributed by atoms with Gasteiger partial charge < -0.3 is 0 Å². The Morgan fingerprint density at radius 2 is 1.84 bits per heavy atom. The number of nitrogens with zero attached hydrogens (tertiary/aromatic N) is 2. The monoisotopic (exact) mass is 357 g/mol. The fraction of sp³-hybridized carbons (Fsp3) is 0.0588. The van der Waals surface area contributed by atoms with Crippen molar-refractivity contribution in [1.29, 1.82) is 0 Å². The summed E-state index contributed by atoms with van der Waals surface area (Å²) >= 11 is 5.76. The minimum absolute atomic E-state index is 0.0179. The van der Waals surface area contributed by atoms with Crippen molar-refractivity contribution in [2.75, 3.05) is 5.01 Å². The van der Waals surface area contributed by atoms with Gasteiger partial charge in [0.05, 0.1) is 10.6 Å². The maximum Gasteiger partial charge on any atom is 0.288 e. The zero-order valence-electron chi connectivity index (χ0n) is 13.0. The number of benzene rings is 2. The van der Waals surface area contributed by atoms with Crippen LogP contribution in [0.5, 0.6) is 0 Å². The van der Waals surface area contributed by atoms with E-state index in [0.717, 1.165) is 10.6 Å². The van der Waals surface area contributed by atoms with Crippen LogP contribution in [0.3, 0.4) is 0 Å². The van der Waals surface area contributed by atoms with E-state index in [1.54, 1.807) is 12.1 Å². The average molecular weight is 358 g/mol. The Kier molecular flexibility index (Phi) is 4.24. The minimum atomic E-state index is -0.626. The van der Waals surface area contributed by atoms with Gasteiger partial charge in [0, 0.05) is 6.07 Å². The predicted octanol–water partition coefficient (Wildman–Crippen LogP) is 3.02. The lowest BCUT2D eigenvalue weighted by Crippen LogP contribution is -2.35. The number of nitro groups is 1. The first-order valence-corrected chi connectivity index (χ1v) is 7.62. The molecule has 2 amide bonds. The Labute approximate surface area is 147 Å². The van der Waals surface area contributed by atoms with Crippen molar-refractivity contribution < 1.29 is 14.5 Å². The number of carbonyl (C=O) groups is 2. The molecule has 7 nitrogen and oxygen atoms in total. The van der Waals surface area contributed by atoms with Crippen LogP contribution < -0.4 is 10.4 Å². The summed E-state index contributed by atoms with van der Waals surface area (Å²) in [7, 11) is 0. The Morgan fingerprint density at radius 1 is 1.16 bits per heavy atom. The molecule has 8 heteroatoms. The van der Waals surface area contributed by atoms with Crippen molar-refractivity contribution in [2.24, 2.45) is 0 Å². The van der Waals surface area contributed by atoms with Gasteiger partial charge in [-0.2, -0.15) is 0 Å².